The highest BCUT2D eigenvalue weighted by Crippen LogP contribution is 2.21. The Kier molecular flexibility index (Phi) is 7.05. The molecule has 1 aromatic carbocycles. The van der Waals surface area contributed by atoms with Crippen LogP contribution >= 0.6 is 0 Å². The first-order valence-corrected chi connectivity index (χ1v) is 8.78. The zero-order valence-corrected chi connectivity index (χ0v) is 13.5. The molecule has 0 unspecified atom stereocenters. The van der Waals surface area contributed by atoms with E-state index in [9.17, 15) is 4.39 Å². The summed E-state index contributed by atoms with van der Waals surface area (Å²) in [7, 11) is 0. The van der Waals surface area contributed by atoms with Crippen molar-refractivity contribution in [2.45, 2.75) is 83.6 Å². The lowest BCUT2D eigenvalue weighted by atomic mass is 9.97. The Bertz CT molecular complexity index is 404. The Hall–Kier alpha value is -1.05. The molecule has 1 nitrogen and oxygen atoms in total. The van der Waals surface area contributed by atoms with Gasteiger partial charge in [-0.1, -0.05) is 63.9 Å². The molecule has 1 fully saturated rings. The fourth-order valence-corrected chi connectivity index (χ4v) is 3.23. The van der Waals surface area contributed by atoms with Gasteiger partial charge in [0.1, 0.15) is 5.82 Å². The lowest BCUT2D eigenvalue weighted by molar-refractivity contribution is 0.480. The average Bonchev–Trinajstić information content (AvgIpc) is 2.46. The van der Waals surface area contributed by atoms with Gasteiger partial charge < -0.3 is 5.32 Å². The van der Waals surface area contributed by atoms with E-state index in [1.165, 1.54) is 70.6 Å². The quantitative estimate of drug-likeness (QED) is 0.682. The van der Waals surface area contributed by atoms with E-state index in [2.05, 4.69) is 5.32 Å². The number of anilines is 1. The minimum atomic E-state index is -0.104. The van der Waals surface area contributed by atoms with Crippen molar-refractivity contribution < 1.29 is 4.39 Å². The van der Waals surface area contributed by atoms with Gasteiger partial charge in [-0.05, 0) is 37.5 Å². The van der Waals surface area contributed by atoms with E-state index in [0.29, 0.717) is 6.04 Å². The van der Waals surface area contributed by atoms with Crippen molar-refractivity contribution in [1.82, 2.24) is 0 Å². The minimum absolute atomic E-state index is 0.104. The molecule has 2 heteroatoms. The SMILES string of the molecule is Cc1ccc(NC2CCCCCCCCCCC2)cc1F. The van der Waals surface area contributed by atoms with Crippen LogP contribution in [0.1, 0.15) is 76.2 Å². The van der Waals surface area contributed by atoms with Gasteiger partial charge >= 0.3 is 0 Å². The van der Waals surface area contributed by atoms with Crippen LogP contribution in [-0.2, 0) is 0 Å². The van der Waals surface area contributed by atoms with Gasteiger partial charge in [0.05, 0.1) is 0 Å². The number of nitrogens with one attached hydrogen (secondary N) is 1. The number of halogens is 1. The van der Waals surface area contributed by atoms with E-state index in [0.717, 1.165) is 11.3 Å². The van der Waals surface area contributed by atoms with Crippen LogP contribution in [0.3, 0.4) is 0 Å². The maximum Gasteiger partial charge on any atom is 0.128 e. The second-order valence-corrected chi connectivity index (χ2v) is 6.56. The molecule has 0 saturated heterocycles. The van der Waals surface area contributed by atoms with Crippen molar-refractivity contribution in [3.63, 3.8) is 0 Å². The van der Waals surface area contributed by atoms with Crippen LogP contribution in [0.15, 0.2) is 18.2 Å². The summed E-state index contributed by atoms with van der Waals surface area (Å²) < 4.78 is 13.7. The summed E-state index contributed by atoms with van der Waals surface area (Å²) in [5.74, 6) is -0.104. The van der Waals surface area contributed by atoms with Gasteiger partial charge in [-0.15, -0.1) is 0 Å². The third-order valence-corrected chi connectivity index (χ3v) is 4.65. The molecule has 118 valence electrons. The summed E-state index contributed by atoms with van der Waals surface area (Å²) in [6.07, 6.45) is 14.7. The molecule has 0 amide bonds. The lowest BCUT2D eigenvalue weighted by Gasteiger charge is -2.21. The van der Waals surface area contributed by atoms with Crippen LogP contribution in [0, 0.1) is 12.7 Å². The van der Waals surface area contributed by atoms with Gasteiger partial charge in [0, 0.05) is 11.7 Å². The fraction of sp³-hybridized carbons (Fsp3) is 0.684. The van der Waals surface area contributed by atoms with Gasteiger partial charge in [-0.25, -0.2) is 4.39 Å². The van der Waals surface area contributed by atoms with Gasteiger partial charge in [0.2, 0.25) is 0 Å². The van der Waals surface area contributed by atoms with Crippen LogP contribution in [0.4, 0.5) is 10.1 Å². The van der Waals surface area contributed by atoms with Gasteiger partial charge in [-0.2, -0.15) is 0 Å². The molecule has 2 rings (SSSR count). The smallest absolute Gasteiger partial charge is 0.128 e. The number of rotatable bonds is 2. The Morgan fingerprint density at radius 1 is 0.857 bits per heavy atom. The van der Waals surface area contributed by atoms with Crippen molar-refractivity contribution >= 4 is 5.69 Å². The maximum absolute atomic E-state index is 13.7. The van der Waals surface area contributed by atoms with Gasteiger partial charge in [0.25, 0.3) is 0 Å². The monoisotopic (exact) mass is 291 g/mol. The molecule has 0 aliphatic heterocycles. The second-order valence-electron chi connectivity index (χ2n) is 6.56. The van der Waals surface area contributed by atoms with E-state index in [4.69, 9.17) is 0 Å². The topological polar surface area (TPSA) is 12.0 Å². The standard InChI is InChI=1S/C19H30FN/c1-16-13-14-18(15-19(16)20)21-17-11-9-7-5-3-2-4-6-8-10-12-17/h13-15,17,21H,2-12H2,1H3. The molecule has 1 aliphatic carbocycles. The van der Waals surface area contributed by atoms with Crippen LogP contribution in [0.25, 0.3) is 0 Å². The molecule has 0 radical (unpaired) electrons. The van der Waals surface area contributed by atoms with Crippen LogP contribution < -0.4 is 5.32 Å². The second kappa shape index (κ2) is 9.07. The molecule has 1 saturated carbocycles. The summed E-state index contributed by atoms with van der Waals surface area (Å²) in [6.45, 7) is 1.81. The maximum atomic E-state index is 13.7. The predicted molar refractivity (Wildman–Crippen MR) is 89.3 cm³/mol. The highest BCUT2D eigenvalue weighted by atomic mass is 19.1. The molecule has 1 aliphatic rings. The third kappa shape index (κ3) is 6.07. The first kappa shape index (κ1) is 16.3. The molecule has 0 bridgehead atoms. The first-order chi connectivity index (χ1) is 10.3. The molecule has 0 spiro atoms. The average molecular weight is 291 g/mol. The normalized spacial score (nSPS) is 19.5. The van der Waals surface area contributed by atoms with Gasteiger partial charge in [0.15, 0.2) is 0 Å². The molecular weight excluding hydrogens is 261 g/mol. The zero-order valence-electron chi connectivity index (χ0n) is 13.5. The van der Waals surface area contributed by atoms with Crippen molar-refractivity contribution in [3.05, 3.63) is 29.6 Å². The fourth-order valence-electron chi connectivity index (χ4n) is 3.23. The molecule has 1 aromatic rings. The molecule has 21 heavy (non-hydrogen) atoms. The Labute approximate surface area is 129 Å². The van der Waals surface area contributed by atoms with E-state index >= 15 is 0 Å². The van der Waals surface area contributed by atoms with Crippen molar-refractivity contribution in [1.29, 1.82) is 0 Å². The van der Waals surface area contributed by atoms with E-state index in [-0.39, 0.29) is 5.82 Å². The van der Waals surface area contributed by atoms with E-state index in [1.807, 2.05) is 19.1 Å². The van der Waals surface area contributed by atoms with Crippen molar-refractivity contribution in [2.24, 2.45) is 0 Å². The summed E-state index contributed by atoms with van der Waals surface area (Å²) in [4.78, 5) is 0. The van der Waals surface area contributed by atoms with Crippen molar-refractivity contribution in [2.75, 3.05) is 5.32 Å². The van der Waals surface area contributed by atoms with Gasteiger partial charge in [-0.3, -0.25) is 0 Å². The zero-order chi connectivity index (χ0) is 14.9. The Balaban J connectivity index is 1.88. The Morgan fingerprint density at radius 2 is 1.38 bits per heavy atom. The highest BCUT2D eigenvalue weighted by Gasteiger charge is 2.10. The summed E-state index contributed by atoms with van der Waals surface area (Å²) in [5.41, 5.74) is 1.66. The lowest BCUT2D eigenvalue weighted by Crippen LogP contribution is -2.19. The molecule has 1 N–H and O–H groups in total. The number of hydrogen-bond acceptors (Lipinski definition) is 1. The number of benzene rings is 1. The number of aryl methyl sites for hydroxylation is 1. The first-order valence-electron chi connectivity index (χ1n) is 8.78. The Morgan fingerprint density at radius 3 is 1.90 bits per heavy atom. The minimum Gasteiger partial charge on any atom is -0.382 e. The summed E-state index contributed by atoms with van der Waals surface area (Å²) >= 11 is 0. The van der Waals surface area contributed by atoms with Crippen LogP contribution in [0.5, 0.6) is 0 Å². The molecular formula is C19H30FN. The number of hydrogen-bond donors (Lipinski definition) is 1. The summed E-state index contributed by atoms with van der Waals surface area (Å²) in [6, 6.07) is 6.03. The predicted octanol–water partition coefficient (Wildman–Crippen LogP) is 6.22. The van der Waals surface area contributed by atoms with E-state index < -0.39 is 0 Å². The molecule has 0 aromatic heterocycles. The van der Waals surface area contributed by atoms with Crippen LogP contribution in [0.2, 0.25) is 0 Å². The third-order valence-electron chi connectivity index (χ3n) is 4.65. The largest absolute Gasteiger partial charge is 0.382 e. The molecule has 0 heterocycles. The molecule has 0 atom stereocenters. The highest BCUT2D eigenvalue weighted by molar-refractivity contribution is 5.45. The van der Waals surface area contributed by atoms with Crippen molar-refractivity contribution in [3.8, 4) is 0 Å². The summed E-state index contributed by atoms with van der Waals surface area (Å²) in [5, 5.41) is 3.56. The van der Waals surface area contributed by atoms with Crippen LogP contribution in [-0.4, -0.2) is 6.04 Å². The van der Waals surface area contributed by atoms with E-state index in [1.54, 1.807) is 6.07 Å².